The summed E-state index contributed by atoms with van der Waals surface area (Å²) in [4.78, 5) is 11.7. The van der Waals surface area contributed by atoms with Crippen LogP contribution in [0.3, 0.4) is 0 Å². The zero-order valence-electron chi connectivity index (χ0n) is 9.67. The van der Waals surface area contributed by atoms with Gasteiger partial charge in [-0.3, -0.25) is 9.48 Å². The van der Waals surface area contributed by atoms with Crippen LogP contribution in [0.4, 0.5) is 0 Å². The van der Waals surface area contributed by atoms with E-state index in [2.05, 4.69) is 5.10 Å². The highest BCUT2D eigenvalue weighted by atomic mass is 16.5. The van der Waals surface area contributed by atoms with Gasteiger partial charge in [-0.2, -0.15) is 5.10 Å². The van der Waals surface area contributed by atoms with E-state index < -0.39 is 0 Å². The van der Waals surface area contributed by atoms with Gasteiger partial charge in [-0.25, -0.2) is 0 Å². The second-order valence-electron chi connectivity index (χ2n) is 3.74. The van der Waals surface area contributed by atoms with E-state index in [9.17, 15) is 4.79 Å². The Balaban J connectivity index is 1.81. The number of nitrogens with zero attached hydrogens (tertiary/aromatic N) is 2. The monoisotopic (exact) mass is 230 g/mol. The minimum absolute atomic E-state index is 0.0500. The van der Waals surface area contributed by atoms with Crippen LogP contribution in [0.15, 0.2) is 42.7 Å². The summed E-state index contributed by atoms with van der Waals surface area (Å²) in [5.74, 6) is 0.834. The topological polar surface area (TPSA) is 44.1 Å². The van der Waals surface area contributed by atoms with Gasteiger partial charge < -0.3 is 4.74 Å². The van der Waals surface area contributed by atoms with Crippen molar-refractivity contribution in [1.82, 2.24) is 9.78 Å². The fourth-order valence-corrected chi connectivity index (χ4v) is 1.49. The molecule has 0 spiro atoms. The molecule has 0 amide bonds. The molecule has 88 valence electrons. The number of hydrogen-bond acceptors (Lipinski definition) is 3. The summed E-state index contributed by atoms with van der Waals surface area (Å²) in [5.41, 5.74) is 0.629. The number of Topliss-reactive ketones (excluding diaryl/α,β-unsaturated/α-hetero) is 1. The fourth-order valence-electron chi connectivity index (χ4n) is 1.49. The van der Waals surface area contributed by atoms with Crippen LogP contribution >= 0.6 is 0 Å². The molecule has 2 rings (SSSR count). The standard InChI is InChI=1S/C13H14N2O2/c1-15-10-11(9-14-15)13(16)7-8-17-12-5-3-2-4-6-12/h2-6,9-10H,7-8H2,1H3. The highest BCUT2D eigenvalue weighted by Gasteiger charge is 2.07. The minimum Gasteiger partial charge on any atom is -0.493 e. The molecule has 0 atom stereocenters. The molecule has 0 aliphatic heterocycles. The summed E-state index contributed by atoms with van der Waals surface area (Å²) in [7, 11) is 1.79. The molecule has 0 N–H and O–H groups in total. The van der Waals surface area contributed by atoms with Crippen LogP contribution < -0.4 is 4.74 Å². The molecule has 4 heteroatoms. The highest BCUT2D eigenvalue weighted by Crippen LogP contribution is 2.09. The van der Waals surface area contributed by atoms with Gasteiger partial charge in [0.05, 0.1) is 18.4 Å². The average molecular weight is 230 g/mol. The van der Waals surface area contributed by atoms with Crippen molar-refractivity contribution in [3.63, 3.8) is 0 Å². The van der Waals surface area contributed by atoms with Crippen molar-refractivity contribution in [2.75, 3.05) is 6.61 Å². The molecule has 1 aromatic heterocycles. The van der Waals surface area contributed by atoms with E-state index in [0.29, 0.717) is 18.6 Å². The van der Waals surface area contributed by atoms with Crippen molar-refractivity contribution in [2.45, 2.75) is 6.42 Å². The van der Waals surface area contributed by atoms with Gasteiger partial charge in [0.25, 0.3) is 0 Å². The molecule has 2 aromatic rings. The smallest absolute Gasteiger partial charge is 0.169 e. The molecule has 0 saturated carbocycles. The Hall–Kier alpha value is -2.10. The first-order chi connectivity index (χ1) is 8.25. The number of aryl methyl sites for hydroxylation is 1. The van der Waals surface area contributed by atoms with Gasteiger partial charge in [0.15, 0.2) is 5.78 Å². The number of aromatic nitrogens is 2. The average Bonchev–Trinajstić information content (AvgIpc) is 2.77. The van der Waals surface area contributed by atoms with Crippen molar-refractivity contribution in [3.05, 3.63) is 48.3 Å². The normalized spacial score (nSPS) is 10.2. The van der Waals surface area contributed by atoms with Crippen LogP contribution in [0.2, 0.25) is 0 Å². The largest absolute Gasteiger partial charge is 0.493 e. The van der Waals surface area contributed by atoms with Crippen LogP contribution in [0, 0.1) is 0 Å². The third-order valence-electron chi connectivity index (χ3n) is 2.37. The maximum Gasteiger partial charge on any atom is 0.169 e. The van der Waals surface area contributed by atoms with Crippen molar-refractivity contribution >= 4 is 5.78 Å². The number of carbonyl (C=O) groups excluding carboxylic acids is 1. The van der Waals surface area contributed by atoms with Crippen molar-refractivity contribution in [2.24, 2.45) is 7.05 Å². The van der Waals surface area contributed by atoms with E-state index in [1.54, 1.807) is 24.1 Å². The lowest BCUT2D eigenvalue weighted by Gasteiger charge is -2.04. The maximum absolute atomic E-state index is 11.7. The summed E-state index contributed by atoms with van der Waals surface area (Å²) in [6, 6.07) is 9.47. The molecule has 17 heavy (non-hydrogen) atoms. The van der Waals surface area contributed by atoms with Gasteiger partial charge in [-0.1, -0.05) is 18.2 Å². The molecule has 0 bridgehead atoms. The first-order valence-electron chi connectivity index (χ1n) is 5.45. The molecule has 4 nitrogen and oxygen atoms in total. The second-order valence-corrected chi connectivity index (χ2v) is 3.74. The van der Waals surface area contributed by atoms with Gasteiger partial charge in [0.1, 0.15) is 5.75 Å². The molecule has 0 saturated heterocycles. The van der Waals surface area contributed by atoms with Crippen molar-refractivity contribution < 1.29 is 9.53 Å². The Morgan fingerprint density at radius 3 is 2.76 bits per heavy atom. The van der Waals surface area contributed by atoms with E-state index in [1.165, 1.54) is 0 Å². The summed E-state index contributed by atoms with van der Waals surface area (Å²) >= 11 is 0. The predicted octanol–water partition coefficient (Wildman–Crippen LogP) is 2.07. The Morgan fingerprint density at radius 1 is 1.35 bits per heavy atom. The summed E-state index contributed by atoms with van der Waals surface area (Å²) in [6.45, 7) is 0.387. The SMILES string of the molecule is Cn1cc(C(=O)CCOc2ccccc2)cn1. The number of para-hydroxylation sites is 1. The Bertz CT molecular complexity index is 491. The Kier molecular flexibility index (Phi) is 3.55. The van der Waals surface area contributed by atoms with E-state index >= 15 is 0 Å². The van der Waals surface area contributed by atoms with Crippen LogP contribution in [0.5, 0.6) is 5.75 Å². The number of ketones is 1. The van der Waals surface area contributed by atoms with Gasteiger partial charge in [-0.05, 0) is 12.1 Å². The lowest BCUT2D eigenvalue weighted by molar-refractivity contribution is 0.0962. The van der Waals surface area contributed by atoms with Crippen LogP contribution in [-0.4, -0.2) is 22.2 Å². The number of hydrogen-bond donors (Lipinski definition) is 0. The van der Waals surface area contributed by atoms with Gasteiger partial charge in [0.2, 0.25) is 0 Å². The molecule has 0 unspecified atom stereocenters. The van der Waals surface area contributed by atoms with E-state index in [0.717, 1.165) is 5.75 Å². The van der Waals surface area contributed by atoms with Gasteiger partial charge >= 0.3 is 0 Å². The Morgan fingerprint density at radius 2 is 2.12 bits per heavy atom. The fraction of sp³-hybridized carbons (Fsp3) is 0.231. The second kappa shape index (κ2) is 5.30. The third-order valence-corrected chi connectivity index (χ3v) is 2.37. The van der Waals surface area contributed by atoms with Crippen LogP contribution in [0.1, 0.15) is 16.8 Å². The molecule has 0 aliphatic rings. The molecular formula is C13H14N2O2. The zero-order chi connectivity index (χ0) is 12.1. The van der Waals surface area contributed by atoms with Crippen molar-refractivity contribution in [3.8, 4) is 5.75 Å². The third kappa shape index (κ3) is 3.17. The quantitative estimate of drug-likeness (QED) is 0.738. The molecule has 0 radical (unpaired) electrons. The molecule has 0 fully saturated rings. The van der Waals surface area contributed by atoms with E-state index in [4.69, 9.17) is 4.74 Å². The predicted molar refractivity (Wildman–Crippen MR) is 64.1 cm³/mol. The summed E-state index contributed by atoms with van der Waals surface area (Å²) < 4.78 is 7.07. The van der Waals surface area contributed by atoms with Gasteiger partial charge in [0, 0.05) is 19.7 Å². The number of rotatable bonds is 5. The molecule has 1 aromatic carbocycles. The first-order valence-corrected chi connectivity index (χ1v) is 5.45. The minimum atomic E-state index is 0.0500. The number of ether oxygens (including phenoxy) is 1. The summed E-state index contributed by atoms with van der Waals surface area (Å²) in [6.07, 6.45) is 3.65. The lowest BCUT2D eigenvalue weighted by atomic mass is 10.2. The van der Waals surface area contributed by atoms with Crippen molar-refractivity contribution in [1.29, 1.82) is 0 Å². The summed E-state index contributed by atoms with van der Waals surface area (Å²) in [5, 5.41) is 3.96. The van der Waals surface area contributed by atoms with Crippen LogP contribution in [0.25, 0.3) is 0 Å². The highest BCUT2D eigenvalue weighted by molar-refractivity contribution is 5.95. The van der Waals surface area contributed by atoms with E-state index in [1.807, 2.05) is 30.3 Å². The molecule has 0 aliphatic carbocycles. The Labute approximate surface area is 99.8 Å². The first kappa shape index (κ1) is 11.4. The lowest BCUT2D eigenvalue weighted by Crippen LogP contribution is -2.06. The number of benzene rings is 1. The maximum atomic E-state index is 11.7. The van der Waals surface area contributed by atoms with E-state index in [-0.39, 0.29) is 5.78 Å². The molecule has 1 heterocycles. The van der Waals surface area contributed by atoms with Crippen LogP contribution in [-0.2, 0) is 7.05 Å². The zero-order valence-corrected chi connectivity index (χ0v) is 9.67. The van der Waals surface area contributed by atoms with Gasteiger partial charge in [-0.15, -0.1) is 0 Å². The molecular weight excluding hydrogens is 216 g/mol. The number of carbonyl (C=O) groups is 1.